The molecule has 2 heterocycles. The molecule has 0 aromatic carbocycles. The Hall–Kier alpha value is 0.340. The Balaban J connectivity index is 1.85. The summed E-state index contributed by atoms with van der Waals surface area (Å²) in [6.07, 6.45) is 4.10. The van der Waals surface area contributed by atoms with Crippen molar-refractivity contribution in [2.45, 2.75) is 42.0 Å². The Labute approximate surface area is 136 Å². The molecule has 1 N–H and O–H groups in total. The summed E-state index contributed by atoms with van der Waals surface area (Å²) in [5.74, 6) is 0. The van der Waals surface area contributed by atoms with Gasteiger partial charge in [-0.2, -0.15) is 4.31 Å². The summed E-state index contributed by atoms with van der Waals surface area (Å²) in [6.45, 7) is 1.56. The lowest BCUT2D eigenvalue weighted by atomic mass is 10.2. The normalized spacial score (nSPS) is 23.6. The molecular weight excluding hydrogens is 384 g/mol. The molecule has 3 rings (SSSR count). The number of nitrogens with one attached hydrogen (secondary N) is 1. The van der Waals surface area contributed by atoms with Gasteiger partial charge in [0, 0.05) is 18.6 Å². The standard InChI is InChI=1S/C12H16BrClN2O2S2/c13-12-10(14)6-11(19-12)20(17,18)16(9-3-4-9)7-8-2-1-5-15-8/h6,8-9,15H,1-5,7H2. The minimum absolute atomic E-state index is 0.169. The topological polar surface area (TPSA) is 49.4 Å². The first-order valence-corrected chi connectivity index (χ1v) is 10.1. The first kappa shape index (κ1) is 15.2. The summed E-state index contributed by atoms with van der Waals surface area (Å²) in [7, 11) is -3.43. The molecule has 8 heteroatoms. The van der Waals surface area contributed by atoms with Crippen molar-refractivity contribution in [1.29, 1.82) is 0 Å². The van der Waals surface area contributed by atoms with Gasteiger partial charge in [0.05, 0.1) is 8.81 Å². The van der Waals surface area contributed by atoms with Crippen molar-refractivity contribution in [3.8, 4) is 0 Å². The van der Waals surface area contributed by atoms with Crippen molar-refractivity contribution < 1.29 is 8.42 Å². The molecule has 1 aliphatic carbocycles. The Morgan fingerprint density at radius 2 is 2.20 bits per heavy atom. The van der Waals surface area contributed by atoms with Crippen molar-refractivity contribution >= 4 is 48.9 Å². The smallest absolute Gasteiger partial charge is 0.252 e. The van der Waals surface area contributed by atoms with E-state index in [1.54, 1.807) is 10.4 Å². The fourth-order valence-corrected chi connectivity index (χ4v) is 6.76. The van der Waals surface area contributed by atoms with E-state index in [4.69, 9.17) is 11.6 Å². The number of hydrogen-bond donors (Lipinski definition) is 1. The van der Waals surface area contributed by atoms with E-state index in [9.17, 15) is 8.42 Å². The van der Waals surface area contributed by atoms with Gasteiger partial charge in [0.2, 0.25) is 0 Å². The molecule has 4 nitrogen and oxygen atoms in total. The Bertz CT molecular complexity index is 575. The molecule has 112 valence electrons. The predicted molar refractivity (Wildman–Crippen MR) is 85.0 cm³/mol. The molecule has 0 radical (unpaired) electrons. The van der Waals surface area contributed by atoms with E-state index >= 15 is 0 Å². The van der Waals surface area contributed by atoms with Gasteiger partial charge < -0.3 is 5.32 Å². The maximum absolute atomic E-state index is 12.8. The number of thiophene rings is 1. The summed E-state index contributed by atoms with van der Waals surface area (Å²) >= 11 is 10.5. The molecule has 1 saturated carbocycles. The third kappa shape index (κ3) is 3.08. The molecule has 1 aromatic rings. The van der Waals surface area contributed by atoms with Crippen molar-refractivity contribution in [3.05, 3.63) is 14.9 Å². The highest BCUT2D eigenvalue weighted by molar-refractivity contribution is 9.11. The van der Waals surface area contributed by atoms with Gasteiger partial charge in [-0.25, -0.2) is 8.42 Å². The average Bonchev–Trinajstić information content (AvgIpc) is 2.98. The fraction of sp³-hybridized carbons (Fsp3) is 0.667. The number of rotatable bonds is 5. The highest BCUT2D eigenvalue weighted by Crippen LogP contribution is 2.39. The lowest BCUT2D eigenvalue weighted by Gasteiger charge is -2.24. The zero-order valence-corrected chi connectivity index (χ0v) is 14.8. The molecule has 2 fully saturated rings. The second-order valence-electron chi connectivity index (χ2n) is 5.29. The Morgan fingerprint density at radius 3 is 2.70 bits per heavy atom. The van der Waals surface area contributed by atoms with Crippen LogP contribution in [-0.4, -0.2) is 37.9 Å². The van der Waals surface area contributed by atoms with Crippen LogP contribution in [0.25, 0.3) is 0 Å². The zero-order valence-electron chi connectivity index (χ0n) is 10.8. The SMILES string of the molecule is O=S(=O)(c1cc(Cl)c(Br)s1)N(CC1CCCN1)C1CC1. The summed E-state index contributed by atoms with van der Waals surface area (Å²) < 4.78 is 28.3. The van der Waals surface area contributed by atoms with Crippen LogP contribution in [-0.2, 0) is 10.0 Å². The predicted octanol–water partition coefficient (Wildman–Crippen LogP) is 3.07. The number of halogens is 2. The van der Waals surface area contributed by atoms with Crippen LogP contribution in [0.3, 0.4) is 0 Å². The molecule has 1 atom stereocenters. The molecule has 20 heavy (non-hydrogen) atoms. The summed E-state index contributed by atoms with van der Waals surface area (Å²) in [5, 5.41) is 3.83. The summed E-state index contributed by atoms with van der Waals surface area (Å²) in [6, 6.07) is 2.00. The van der Waals surface area contributed by atoms with Crippen LogP contribution in [0.1, 0.15) is 25.7 Å². The van der Waals surface area contributed by atoms with Gasteiger partial charge in [0.25, 0.3) is 10.0 Å². The third-order valence-electron chi connectivity index (χ3n) is 3.70. The van der Waals surface area contributed by atoms with Gasteiger partial charge in [-0.15, -0.1) is 11.3 Å². The fourth-order valence-electron chi connectivity index (χ4n) is 2.51. The molecule has 1 saturated heterocycles. The van der Waals surface area contributed by atoms with E-state index in [-0.39, 0.29) is 12.1 Å². The number of sulfonamides is 1. The van der Waals surface area contributed by atoms with E-state index in [1.165, 1.54) is 11.3 Å². The molecule has 0 bridgehead atoms. The van der Waals surface area contributed by atoms with Crippen LogP contribution < -0.4 is 5.32 Å². The van der Waals surface area contributed by atoms with Crippen molar-refractivity contribution in [3.63, 3.8) is 0 Å². The van der Waals surface area contributed by atoms with E-state index in [1.807, 2.05) is 0 Å². The quantitative estimate of drug-likeness (QED) is 0.828. The van der Waals surface area contributed by atoms with Crippen LogP contribution in [0.15, 0.2) is 14.1 Å². The highest BCUT2D eigenvalue weighted by Gasteiger charge is 2.40. The number of nitrogens with zero attached hydrogens (tertiary/aromatic N) is 1. The maximum atomic E-state index is 12.8. The third-order valence-corrected chi connectivity index (χ3v) is 8.54. The van der Waals surface area contributed by atoms with E-state index in [0.29, 0.717) is 19.6 Å². The summed E-state index contributed by atoms with van der Waals surface area (Å²) in [5.41, 5.74) is 0. The first-order valence-electron chi connectivity index (χ1n) is 6.68. The van der Waals surface area contributed by atoms with Crippen LogP contribution in [0.4, 0.5) is 0 Å². The van der Waals surface area contributed by atoms with Crippen LogP contribution in [0.2, 0.25) is 5.02 Å². The Morgan fingerprint density at radius 1 is 1.45 bits per heavy atom. The van der Waals surface area contributed by atoms with Gasteiger partial charge in [0.1, 0.15) is 4.21 Å². The molecule has 1 aliphatic heterocycles. The van der Waals surface area contributed by atoms with Crippen LogP contribution >= 0.6 is 38.9 Å². The molecule has 0 spiro atoms. The summed E-state index contributed by atoms with van der Waals surface area (Å²) in [4.78, 5) is 0. The van der Waals surface area contributed by atoms with Gasteiger partial charge in [0.15, 0.2) is 0 Å². The second kappa shape index (κ2) is 5.85. The first-order chi connectivity index (χ1) is 9.48. The van der Waals surface area contributed by atoms with Gasteiger partial charge in [-0.3, -0.25) is 0 Å². The lowest BCUT2D eigenvalue weighted by Crippen LogP contribution is -2.42. The number of hydrogen-bond acceptors (Lipinski definition) is 4. The van der Waals surface area contributed by atoms with Crippen LogP contribution in [0, 0.1) is 0 Å². The minimum atomic E-state index is -3.43. The van der Waals surface area contributed by atoms with Crippen LogP contribution in [0.5, 0.6) is 0 Å². The molecule has 1 aromatic heterocycles. The zero-order chi connectivity index (χ0) is 14.3. The van der Waals surface area contributed by atoms with Gasteiger partial charge in [-0.05, 0) is 54.2 Å². The second-order valence-corrected chi connectivity index (χ2v) is 10.2. The highest BCUT2D eigenvalue weighted by atomic mass is 79.9. The average molecular weight is 400 g/mol. The molecule has 1 unspecified atom stereocenters. The van der Waals surface area contributed by atoms with E-state index < -0.39 is 10.0 Å². The van der Waals surface area contributed by atoms with Crippen molar-refractivity contribution in [1.82, 2.24) is 9.62 Å². The molecule has 0 amide bonds. The largest absolute Gasteiger partial charge is 0.313 e. The van der Waals surface area contributed by atoms with Gasteiger partial charge in [-0.1, -0.05) is 11.6 Å². The Kier molecular flexibility index (Phi) is 4.46. The maximum Gasteiger partial charge on any atom is 0.252 e. The van der Waals surface area contributed by atoms with Crippen molar-refractivity contribution in [2.75, 3.05) is 13.1 Å². The van der Waals surface area contributed by atoms with Crippen molar-refractivity contribution in [2.24, 2.45) is 0 Å². The lowest BCUT2D eigenvalue weighted by molar-refractivity contribution is 0.363. The van der Waals surface area contributed by atoms with E-state index in [0.717, 1.165) is 32.2 Å². The molecule has 2 aliphatic rings. The molecular formula is C12H16BrClN2O2S2. The monoisotopic (exact) mass is 398 g/mol. The van der Waals surface area contributed by atoms with Gasteiger partial charge >= 0.3 is 0 Å². The van der Waals surface area contributed by atoms with E-state index in [2.05, 4.69) is 21.2 Å². The minimum Gasteiger partial charge on any atom is -0.313 e.